The van der Waals surface area contributed by atoms with E-state index in [9.17, 15) is 17.6 Å². The van der Waals surface area contributed by atoms with E-state index in [1.165, 1.54) is 6.20 Å². The van der Waals surface area contributed by atoms with Gasteiger partial charge < -0.3 is 5.11 Å². The van der Waals surface area contributed by atoms with Gasteiger partial charge in [-0.2, -0.15) is 5.10 Å². The molecule has 0 radical (unpaired) electrons. The van der Waals surface area contributed by atoms with Crippen LogP contribution in [0.2, 0.25) is 0 Å². The Morgan fingerprint density at radius 3 is 2.73 bits per heavy atom. The lowest BCUT2D eigenvalue weighted by atomic mass is 9.84. The fourth-order valence-corrected chi connectivity index (χ4v) is 3.96. The van der Waals surface area contributed by atoms with E-state index in [1.54, 1.807) is 6.92 Å². The van der Waals surface area contributed by atoms with Crippen molar-refractivity contribution >= 4 is 16.0 Å². The molecule has 7 nitrogen and oxygen atoms in total. The van der Waals surface area contributed by atoms with Crippen molar-refractivity contribution in [1.29, 1.82) is 0 Å². The summed E-state index contributed by atoms with van der Waals surface area (Å²) in [5.74, 6) is -0.993. The minimum atomic E-state index is -3.76. The molecule has 0 aromatic carbocycles. The van der Waals surface area contributed by atoms with Gasteiger partial charge in [0.25, 0.3) is 0 Å². The summed E-state index contributed by atoms with van der Waals surface area (Å²) in [5, 5.41) is 12.4. The monoisotopic (exact) mass is 333 g/mol. The normalized spacial score (nSPS) is 24.1. The molecule has 0 spiro atoms. The molecule has 1 aromatic rings. The third-order valence-electron chi connectivity index (χ3n) is 3.97. The molecule has 9 heteroatoms. The molecule has 1 atom stereocenters. The summed E-state index contributed by atoms with van der Waals surface area (Å²) in [4.78, 5) is 10.5. The number of nitrogens with zero attached hydrogens (tertiary/aromatic N) is 2. The second-order valence-corrected chi connectivity index (χ2v) is 7.40. The predicted octanol–water partition coefficient (Wildman–Crippen LogP) is 1.16. The lowest BCUT2D eigenvalue weighted by Crippen LogP contribution is -2.39. The van der Waals surface area contributed by atoms with Crippen LogP contribution >= 0.6 is 0 Å². The maximum absolute atomic E-state index is 13.1. The van der Waals surface area contributed by atoms with E-state index in [-0.39, 0.29) is 16.9 Å². The standard InChI is InChI=1S/C13H20FN3O4S/c1-9(10-2-4-11(14)5-3-10)16-22(20,21)12-6-15-17(7-12)8-13(18)19/h6-7,9-11,16H,2-5,8H2,1H3,(H,18,19). The number of rotatable bonds is 6. The first-order valence-electron chi connectivity index (χ1n) is 7.18. The molecule has 1 unspecified atom stereocenters. The lowest BCUT2D eigenvalue weighted by Gasteiger charge is -2.29. The highest BCUT2D eigenvalue weighted by atomic mass is 32.2. The van der Waals surface area contributed by atoms with E-state index in [1.807, 2.05) is 0 Å². The minimum absolute atomic E-state index is 0.0697. The number of hydrogen-bond acceptors (Lipinski definition) is 4. The average Bonchev–Trinajstić information content (AvgIpc) is 2.87. The van der Waals surface area contributed by atoms with Crippen LogP contribution < -0.4 is 4.72 Å². The van der Waals surface area contributed by atoms with Crippen LogP contribution in [0.25, 0.3) is 0 Å². The van der Waals surface area contributed by atoms with Crippen LogP contribution in [-0.4, -0.2) is 41.5 Å². The summed E-state index contributed by atoms with van der Waals surface area (Å²) >= 11 is 0. The lowest BCUT2D eigenvalue weighted by molar-refractivity contribution is -0.137. The number of aromatic nitrogens is 2. The van der Waals surface area contributed by atoms with E-state index in [0.29, 0.717) is 25.7 Å². The summed E-state index contributed by atoms with van der Waals surface area (Å²) < 4.78 is 41.3. The number of aliphatic carboxylic acids is 1. The van der Waals surface area contributed by atoms with E-state index >= 15 is 0 Å². The van der Waals surface area contributed by atoms with Crippen molar-refractivity contribution in [3.05, 3.63) is 12.4 Å². The molecule has 0 bridgehead atoms. The number of halogens is 1. The van der Waals surface area contributed by atoms with E-state index in [2.05, 4.69) is 9.82 Å². The molecule has 0 amide bonds. The van der Waals surface area contributed by atoms with E-state index < -0.39 is 28.7 Å². The first kappa shape index (κ1) is 16.9. The number of hydrogen-bond donors (Lipinski definition) is 2. The van der Waals surface area contributed by atoms with Gasteiger partial charge in [-0.3, -0.25) is 9.48 Å². The van der Waals surface area contributed by atoms with Crippen molar-refractivity contribution in [2.45, 2.75) is 56.3 Å². The van der Waals surface area contributed by atoms with Gasteiger partial charge in [-0.25, -0.2) is 17.5 Å². The number of carbonyl (C=O) groups is 1. The Labute approximate surface area is 128 Å². The second kappa shape index (κ2) is 6.74. The summed E-state index contributed by atoms with van der Waals surface area (Å²) in [6, 6.07) is -0.305. The van der Waals surface area contributed by atoms with E-state index in [4.69, 9.17) is 5.11 Å². The summed E-state index contributed by atoms with van der Waals surface area (Å²) in [6.07, 6.45) is 3.76. The number of carboxylic acids is 1. The summed E-state index contributed by atoms with van der Waals surface area (Å²) in [7, 11) is -3.76. The zero-order chi connectivity index (χ0) is 16.3. The highest BCUT2D eigenvalue weighted by molar-refractivity contribution is 7.89. The minimum Gasteiger partial charge on any atom is -0.480 e. The zero-order valence-corrected chi connectivity index (χ0v) is 13.1. The van der Waals surface area contributed by atoms with Crippen LogP contribution in [0.3, 0.4) is 0 Å². The number of nitrogens with one attached hydrogen (secondary N) is 1. The van der Waals surface area contributed by atoms with Gasteiger partial charge >= 0.3 is 5.97 Å². The van der Waals surface area contributed by atoms with Gasteiger partial charge in [0.1, 0.15) is 17.6 Å². The maximum atomic E-state index is 13.1. The molecule has 1 fully saturated rings. The zero-order valence-electron chi connectivity index (χ0n) is 12.3. The molecular weight excluding hydrogens is 313 g/mol. The first-order chi connectivity index (χ1) is 10.3. The maximum Gasteiger partial charge on any atom is 0.325 e. The van der Waals surface area contributed by atoms with Crippen LogP contribution in [0.5, 0.6) is 0 Å². The van der Waals surface area contributed by atoms with Crippen LogP contribution in [0.4, 0.5) is 4.39 Å². The van der Waals surface area contributed by atoms with Gasteiger partial charge in [0.2, 0.25) is 10.0 Å². The molecule has 124 valence electrons. The van der Waals surface area contributed by atoms with E-state index in [0.717, 1.165) is 10.9 Å². The van der Waals surface area contributed by atoms with Crippen molar-refractivity contribution in [3.8, 4) is 0 Å². The molecule has 22 heavy (non-hydrogen) atoms. The fourth-order valence-electron chi connectivity index (χ4n) is 2.70. The molecular formula is C13H20FN3O4S. The Hall–Kier alpha value is -1.48. The third kappa shape index (κ3) is 4.26. The Morgan fingerprint density at radius 1 is 1.50 bits per heavy atom. The summed E-state index contributed by atoms with van der Waals surface area (Å²) in [5.41, 5.74) is 0. The van der Waals surface area contributed by atoms with Crippen molar-refractivity contribution in [2.24, 2.45) is 5.92 Å². The van der Waals surface area contributed by atoms with Gasteiger partial charge in [0.15, 0.2) is 0 Å². The van der Waals surface area contributed by atoms with Crippen LogP contribution in [0, 0.1) is 5.92 Å². The SMILES string of the molecule is CC(NS(=O)(=O)c1cnn(CC(=O)O)c1)C1CCC(F)CC1. The average molecular weight is 333 g/mol. The Balaban J connectivity index is 2.01. The quantitative estimate of drug-likeness (QED) is 0.813. The van der Waals surface area contributed by atoms with Crippen molar-refractivity contribution < 1.29 is 22.7 Å². The predicted molar refractivity (Wildman–Crippen MR) is 76.5 cm³/mol. The molecule has 1 heterocycles. The van der Waals surface area contributed by atoms with Gasteiger partial charge in [0, 0.05) is 12.2 Å². The second-order valence-electron chi connectivity index (χ2n) is 5.69. The van der Waals surface area contributed by atoms with Crippen molar-refractivity contribution in [1.82, 2.24) is 14.5 Å². The van der Waals surface area contributed by atoms with Gasteiger partial charge in [-0.05, 0) is 38.5 Å². The first-order valence-corrected chi connectivity index (χ1v) is 8.67. The van der Waals surface area contributed by atoms with Crippen LogP contribution in [-0.2, 0) is 21.4 Å². The van der Waals surface area contributed by atoms with Crippen LogP contribution in [0.15, 0.2) is 17.3 Å². The molecule has 1 saturated carbocycles. The third-order valence-corrected chi connectivity index (χ3v) is 5.48. The fraction of sp³-hybridized carbons (Fsp3) is 0.692. The van der Waals surface area contributed by atoms with Gasteiger partial charge in [-0.1, -0.05) is 0 Å². The van der Waals surface area contributed by atoms with Crippen LogP contribution in [0.1, 0.15) is 32.6 Å². The summed E-state index contributed by atoms with van der Waals surface area (Å²) in [6.45, 7) is 1.37. The highest BCUT2D eigenvalue weighted by Crippen LogP contribution is 2.29. The van der Waals surface area contributed by atoms with Gasteiger partial charge in [-0.15, -0.1) is 0 Å². The number of sulfonamides is 1. The molecule has 0 saturated heterocycles. The molecule has 0 aliphatic heterocycles. The molecule has 1 aliphatic carbocycles. The highest BCUT2D eigenvalue weighted by Gasteiger charge is 2.28. The Kier molecular flexibility index (Phi) is 5.17. The molecule has 2 rings (SSSR count). The largest absolute Gasteiger partial charge is 0.480 e. The topological polar surface area (TPSA) is 101 Å². The molecule has 1 aromatic heterocycles. The molecule has 2 N–H and O–H groups in total. The smallest absolute Gasteiger partial charge is 0.325 e. The van der Waals surface area contributed by atoms with Crippen molar-refractivity contribution in [3.63, 3.8) is 0 Å². The molecule has 1 aliphatic rings. The number of carboxylic acid groups (broad SMARTS) is 1. The Morgan fingerprint density at radius 2 is 2.14 bits per heavy atom. The Bertz CT molecular complexity index is 623. The van der Waals surface area contributed by atoms with Gasteiger partial charge in [0.05, 0.1) is 6.20 Å². The number of alkyl halides is 1. The van der Waals surface area contributed by atoms with Crippen molar-refractivity contribution in [2.75, 3.05) is 0 Å².